The summed E-state index contributed by atoms with van der Waals surface area (Å²) in [6.45, 7) is 0.719. The lowest BCUT2D eigenvalue weighted by molar-refractivity contribution is 0.0674. The Bertz CT molecular complexity index is 922. The van der Waals surface area contributed by atoms with Gasteiger partial charge in [0.1, 0.15) is 11.4 Å². The standard InChI is InChI=1S/C22H23N3O3/c1-27-18-8-6-16(7-9-18)21-15-19(24-28-21)20-5-3-2-4-14-25(20)22(26)17-10-12-23-13-11-17/h6-13,15,20H,2-5,14H2,1H3. The Morgan fingerprint density at radius 2 is 1.89 bits per heavy atom. The van der Waals surface area contributed by atoms with E-state index >= 15 is 0 Å². The molecule has 1 unspecified atom stereocenters. The number of hydrogen-bond acceptors (Lipinski definition) is 5. The molecule has 6 nitrogen and oxygen atoms in total. The lowest BCUT2D eigenvalue weighted by Gasteiger charge is -2.28. The van der Waals surface area contributed by atoms with Crippen LogP contribution < -0.4 is 4.74 Å². The van der Waals surface area contributed by atoms with Crippen molar-refractivity contribution in [2.24, 2.45) is 0 Å². The molecule has 0 aliphatic carbocycles. The molecular weight excluding hydrogens is 354 g/mol. The molecule has 1 saturated heterocycles. The first-order valence-electron chi connectivity index (χ1n) is 9.58. The van der Waals surface area contributed by atoms with Gasteiger partial charge in [-0.15, -0.1) is 0 Å². The second-order valence-corrected chi connectivity index (χ2v) is 6.94. The van der Waals surface area contributed by atoms with Gasteiger partial charge in [0.05, 0.1) is 13.2 Å². The third-order valence-corrected chi connectivity index (χ3v) is 5.19. The molecule has 28 heavy (non-hydrogen) atoms. The molecule has 1 aliphatic heterocycles. The van der Waals surface area contributed by atoms with Gasteiger partial charge in [0.25, 0.3) is 5.91 Å². The first-order valence-corrected chi connectivity index (χ1v) is 9.58. The van der Waals surface area contributed by atoms with Crippen molar-refractivity contribution in [3.63, 3.8) is 0 Å². The highest BCUT2D eigenvalue weighted by Gasteiger charge is 2.30. The van der Waals surface area contributed by atoms with Gasteiger partial charge in [-0.1, -0.05) is 18.0 Å². The van der Waals surface area contributed by atoms with Crippen molar-refractivity contribution in [1.82, 2.24) is 15.0 Å². The first kappa shape index (κ1) is 18.2. The molecule has 4 rings (SSSR count). The molecule has 0 spiro atoms. The summed E-state index contributed by atoms with van der Waals surface area (Å²) in [5, 5.41) is 4.31. The monoisotopic (exact) mass is 377 g/mol. The van der Waals surface area contributed by atoms with E-state index in [1.807, 2.05) is 35.2 Å². The van der Waals surface area contributed by atoms with Gasteiger partial charge in [0.2, 0.25) is 0 Å². The molecule has 6 heteroatoms. The molecule has 1 atom stereocenters. The summed E-state index contributed by atoms with van der Waals surface area (Å²) in [4.78, 5) is 19.0. The fourth-order valence-corrected chi connectivity index (χ4v) is 3.66. The summed E-state index contributed by atoms with van der Waals surface area (Å²) in [5.74, 6) is 1.50. The fraction of sp³-hybridized carbons (Fsp3) is 0.318. The van der Waals surface area contributed by atoms with Crippen molar-refractivity contribution < 1.29 is 14.1 Å². The van der Waals surface area contributed by atoms with E-state index in [1.165, 1.54) is 0 Å². The minimum absolute atomic E-state index is 0.0169. The van der Waals surface area contributed by atoms with Gasteiger partial charge in [0, 0.05) is 36.1 Å². The van der Waals surface area contributed by atoms with Crippen molar-refractivity contribution in [3.8, 4) is 17.1 Å². The quantitative estimate of drug-likeness (QED) is 0.669. The van der Waals surface area contributed by atoms with Gasteiger partial charge >= 0.3 is 0 Å². The molecule has 1 aromatic carbocycles. The number of likely N-dealkylation sites (tertiary alicyclic amines) is 1. The molecule has 0 N–H and O–H groups in total. The molecule has 2 aromatic heterocycles. The summed E-state index contributed by atoms with van der Waals surface area (Å²) in [6, 6.07) is 13.0. The number of nitrogens with zero attached hydrogens (tertiary/aromatic N) is 3. The molecule has 0 bridgehead atoms. The molecular formula is C22H23N3O3. The number of methoxy groups -OCH3 is 1. The number of amides is 1. The summed E-state index contributed by atoms with van der Waals surface area (Å²) in [6.07, 6.45) is 7.35. The number of carbonyl (C=O) groups is 1. The van der Waals surface area contributed by atoms with Crippen LogP contribution in [0.2, 0.25) is 0 Å². The Labute approximate surface area is 164 Å². The predicted molar refractivity (Wildman–Crippen MR) is 105 cm³/mol. The Morgan fingerprint density at radius 3 is 2.64 bits per heavy atom. The number of hydrogen-bond donors (Lipinski definition) is 0. The highest BCUT2D eigenvalue weighted by atomic mass is 16.5. The van der Waals surface area contributed by atoms with Gasteiger partial charge in [-0.2, -0.15) is 0 Å². The average Bonchev–Trinajstić information content (AvgIpc) is 3.12. The van der Waals surface area contributed by atoms with Crippen LogP contribution in [0.3, 0.4) is 0 Å². The van der Waals surface area contributed by atoms with Gasteiger partial charge in [-0.25, -0.2) is 0 Å². The molecule has 1 aliphatic rings. The van der Waals surface area contributed by atoms with E-state index in [0.717, 1.165) is 49.2 Å². The summed E-state index contributed by atoms with van der Waals surface area (Å²) >= 11 is 0. The second kappa shape index (κ2) is 8.25. The van der Waals surface area contributed by atoms with Crippen LogP contribution in [0.4, 0.5) is 0 Å². The van der Waals surface area contributed by atoms with Crippen LogP contribution in [0.15, 0.2) is 59.4 Å². The number of rotatable bonds is 4. The molecule has 0 saturated carbocycles. The SMILES string of the molecule is COc1ccc(-c2cc(C3CCCCCN3C(=O)c3ccncc3)no2)cc1. The Hall–Kier alpha value is -3.15. The Morgan fingerprint density at radius 1 is 1.11 bits per heavy atom. The first-order chi connectivity index (χ1) is 13.8. The van der Waals surface area contributed by atoms with Crippen LogP contribution in [-0.4, -0.2) is 34.6 Å². The highest BCUT2D eigenvalue weighted by molar-refractivity contribution is 5.94. The van der Waals surface area contributed by atoms with Crippen molar-refractivity contribution in [3.05, 3.63) is 66.1 Å². The van der Waals surface area contributed by atoms with Gasteiger partial charge in [0.15, 0.2) is 5.76 Å². The van der Waals surface area contributed by atoms with Crippen LogP contribution >= 0.6 is 0 Å². The number of carbonyl (C=O) groups excluding carboxylic acids is 1. The maximum atomic E-state index is 13.1. The molecule has 0 radical (unpaired) electrons. The average molecular weight is 377 g/mol. The van der Waals surface area contributed by atoms with Crippen molar-refractivity contribution in [2.45, 2.75) is 31.7 Å². The zero-order chi connectivity index (χ0) is 19.3. The molecule has 1 amide bonds. The number of pyridine rings is 1. The molecule has 3 aromatic rings. The van der Waals surface area contributed by atoms with Crippen LogP contribution in [-0.2, 0) is 0 Å². The van der Waals surface area contributed by atoms with E-state index < -0.39 is 0 Å². The smallest absolute Gasteiger partial charge is 0.254 e. The number of aromatic nitrogens is 2. The molecule has 3 heterocycles. The number of benzene rings is 1. The Balaban J connectivity index is 1.61. The van der Waals surface area contributed by atoms with Crippen molar-refractivity contribution in [1.29, 1.82) is 0 Å². The van der Waals surface area contributed by atoms with Gasteiger partial charge in [-0.3, -0.25) is 9.78 Å². The van der Waals surface area contributed by atoms with E-state index in [4.69, 9.17) is 9.26 Å². The van der Waals surface area contributed by atoms with E-state index in [1.54, 1.807) is 31.6 Å². The van der Waals surface area contributed by atoms with Crippen molar-refractivity contribution >= 4 is 5.91 Å². The predicted octanol–water partition coefficient (Wildman–Crippen LogP) is 4.50. The third kappa shape index (κ3) is 3.76. The molecule has 144 valence electrons. The summed E-state index contributed by atoms with van der Waals surface area (Å²) < 4.78 is 10.8. The molecule has 1 fully saturated rings. The van der Waals surface area contributed by atoms with E-state index in [9.17, 15) is 4.79 Å². The fourth-order valence-electron chi connectivity index (χ4n) is 3.66. The third-order valence-electron chi connectivity index (χ3n) is 5.19. The maximum absolute atomic E-state index is 13.1. The van der Waals surface area contributed by atoms with Crippen LogP contribution in [0.1, 0.15) is 47.8 Å². The zero-order valence-electron chi connectivity index (χ0n) is 15.9. The second-order valence-electron chi connectivity index (χ2n) is 6.94. The lowest BCUT2D eigenvalue weighted by atomic mass is 10.0. The van der Waals surface area contributed by atoms with Gasteiger partial charge in [-0.05, 0) is 49.2 Å². The van der Waals surface area contributed by atoms with E-state index in [-0.39, 0.29) is 11.9 Å². The minimum atomic E-state index is -0.0843. The normalized spacial score (nSPS) is 17.2. The van der Waals surface area contributed by atoms with E-state index in [2.05, 4.69) is 10.1 Å². The van der Waals surface area contributed by atoms with Crippen molar-refractivity contribution in [2.75, 3.05) is 13.7 Å². The van der Waals surface area contributed by atoms with E-state index in [0.29, 0.717) is 11.3 Å². The minimum Gasteiger partial charge on any atom is -0.497 e. The number of ether oxygens (including phenoxy) is 1. The topological polar surface area (TPSA) is 68.5 Å². The lowest BCUT2D eigenvalue weighted by Crippen LogP contribution is -2.35. The Kier molecular flexibility index (Phi) is 5.37. The van der Waals surface area contributed by atoms with Crippen LogP contribution in [0.25, 0.3) is 11.3 Å². The summed E-state index contributed by atoms with van der Waals surface area (Å²) in [7, 11) is 1.64. The van der Waals surface area contributed by atoms with Gasteiger partial charge < -0.3 is 14.2 Å². The highest BCUT2D eigenvalue weighted by Crippen LogP contribution is 2.33. The largest absolute Gasteiger partial charge is 0.497 e. The zero-order valence-corrected chi connectivity index (χ0v) is 15.9. The maximum Gasteiger partial charge on any atom is 0.254 e. The summed E-state index contributed by atoms with van der Waals surface area (Å²) in [5.41, 5.74) is 2.39. The van der Waals surface area contributed by atoms with Crippen LogP contribution in [0.5, 0.6) is 5.75 Å². The van der Waals surface area contributed by atoms with Crippen LogP contribution in [0, 0.1) is 0 Å².